The van der Waals surface area contributed by atoms with Gasteiger partial charge in [0, 0.05) is 7.05 Å². The van der Waals surface area contributed by atoms with Gasteiger partial charge in [-0.15, -0.1) is 0 Å². The molecular weight excluding hydrogens is 226 g/mol. The number of hydrogen-bond acceptors (Lipinski definition) is 5. The van der Waals surface area contributed by atoms with Crippen LogP contribution in [-0.2, 0) is 19.1 Å². The Bertz CT molecular complexity index is 422. The van der Waals surface area contributed by atoms with E-state index in [0.29, 0.717) is 0 Å². The molecule has 1 heterocycles. The van der Waals surface area contributed by atoms with Gasteiger partial charge in [0.2, 0.25) is 0 Å². The molecular formula is C11H15NO5. The van der Waals surface area contributed by atoms with Crippen molar-refractivity contribution in [3.63, 3.8) is 0 Å². The number of carbonyl (C=O) groups is 3. The largest absolute Gasteiger partial charge is 0.509 e. The second-order valence-electron chi connectivity index (χ2n) is 4.20. The first kappa shape index (κ1) is 13.2. The van der Waals surface area contributed by atoms with E-state index in [0.717, 1.165) is 0 Å². The predicted octanol–water partition coefficient (Wildman–Crippen LogP) is 0.181. The Hall–Kier alpha value is -1.85. The van der Waals surface area contributed by atoms with Crippen molar-refractivity contribution in [1.82, 2.24) is 4.90 Å². The van der Waals surface area contributed by atoms with Crippen LogP contribution in [0, 0.1) is 0 Å². The highest BCUT2D eigenvalue weighted by Crippen LogP contribution is 2.32. The Morgan fingerprint density at radius 3 is 2.29 bits per heavy atom. The second kappa shape index (κ2) is 4.20. The molecule has 0 spiro atoms. The third-order valence-corrected chi connectivity index (χ3v) is 2.86. The first-order chi connectivity index (χ1) is 7.75. The first-order valence-electron chi connectivity index (χ1n) is 5.18. The minimum absolute atomic E-state index is 0.0338. The Balaban J connectivity index is 3.14. The molecule has 0 saturated heterocycles. The highest BCUT2D eigenvalue weighted by molar-refractivity contribution is 6.47. The Morgan fingerprint density at radius 2 is 1.94 bits per heavy atom. The van der Waals surface area contributed by atoms with Crippen LogP contribution in [-0.4, -0.2) is 46.9 Å². The van der Waals surface area contributed by atoms with E-state index in [1.807, 2.05) is 0 Å². The molecule has 0 aliphatic carbocycles. The van der Waals surface area contributed by atoms with Gasteiger partial charge < -0.3 is 14.7 Å². The van der Waals surface area contributed by atoms with Crippen molar-refractivity contribution in [2.24, 2.45) is 0 Å². The van der Waals surface area contributed by atoms with Gasteiger partial charge in [-0.05, 0) is 20.8 Å². The third kappa shape index (κ3) is 1.90. The zero-order valence-electron chi connectivity index (χ0n) is 10.2. The zero-order valence-corrected chi connectivity index (χ0v) is 10.2. The Morgan fingerprint density at radius 1 is 1.41 bits per heavy atom. The van der Waals surface area contributed by atoms with E-state index in [9.17, 15) is 19.5 Å². The maximum absolute atomic E-state index is 11.8. The number of aliphatic hydroxyl groups excluding tert-OH is 1. The van der Waals surface area contributed by atoms with E-state index in [1.54, 1.807) is 20.8 Å². The minimum atomic E-state index is -1.13. The van der Waals surface area contributed by atoms with Gasteiger partial charge in [0.15, 0.2) is 0 Å². The van der Waals surface area contributed by atoms with E-state index < -0.39 is 34.5 Å². The summed E-state index contributed by atoms with van der Waals surface area (Å²) in [5, 5.41) is 9.83. The lowest BCUT2D eigenvalue weighted by molar-refractivity contribution is -0.152. The number of Topliss-reactive ketones (excluding diaryl/α,β-unsaturated/α-hetero) is 1. The van der Waals surface area contributed by atoms with Crippen LogP contribution in [0.2, 0.25) is 0 Å². The zero-order chi connectivity index (χ0) is 13.4. The molecule has 0 aromatic carbocycles. The number of esters is 1. The van der Waals surface area contributed by atoms with Gasteiger partial charge in [-0.25, -0.2) is 4.79 Å². The number of rotatable bonds is 3. The average molecular weight is 241 g/mol. The van der Waals surface area contributed by atoms with E-state index in [-0.39, 0.29) is 6.61 Å². The van der Waals surface area contributed by atoms with Crippen molar-refractivity contribution in [3.8, 4) is 0 Å². The fourth-order valence-corrected chi connectivity index (χ4v) is 1.49. The number of aliphatic hydroxyl groups is 1. The number of ether oxygens (including phenoxy) is 1. The Kier molecular flexibility index (Phi) is 3.26. The minimum Gasteiger partial charge on any atom is -0.509 e. The molecule has 1 rings (SSSR count). The summed E-state index contributed by atoms with van der Waals surface area (Å²) in [6.07, 6.45) is 0. The van der Waals surface area contributed by atoms with Crippen LogP contribution in [0.25, 0.3) is 0 Å². The van der Waals surface area contributed by atoms with Crippen LogP contribution in [0.5, 0.6) is 0 Å². The molecule has 1 aliphatic heterocycles. The maximum atomic E-state index is 11.8. The van der Waals surface area contributed by atoms with Gasteiger partial charge >= 0.3 is 5.97 Å². The van der Waals surface area contributed by atoms with Crippen molar-refractivity contribution in [2.45, 2.75) is 26.3 Å². The van der Waals surface area contributed by atoms with E-state index >= 15 is 0 Å². The van der Waals surface area contributed by atoms with E-state index in [2.05, 4.69) is 4.74 Å². The molecule has 0 fully saturated rings. The average Bonchev–Trinajstić information content (AvgIpc) is 2.40. The SMILES string of the molecule is CCOC(=O)C(=O)C1=C(O)C(C)(C)N(C)C1=O. The summed E-state index contributed by atoms with van der Waals surface area (Å²) in [5.74, 6) is -3.31. The van der Waals surface area contributed by atoms with Crippen molar-refractivity contribution in [1.29, 1.82) is 0 Å². The van der Waals surface area contributed by atoms with E-state index in [4.69, 9.17) is 0 Å². The standard InChI is InChI=1S/C11H15NO5/c1-5-17-10(16)7(13)6-8(14)11(2,3)12(4)9(6)15/h14H,5H2,1-4H3. The van der Waals surface area contributed by atoms with E-state index in [1.165, 1.54) is 11.9 Å². The molecule has 0 atom stereocenters. The van der Waals surface area contributed by atoms with Crippen LogP contribution >= 0.6 is 0 Å². The topological polar surface area (TPSA) is 83.9 Å². The van der Waals surface area contributed by atoms with Crippen LogP contribution in [0.1, 0.15) is 20.8 Å². The van der Waals surface area contributed by atoms with Gasteiger partial charge in [0.25, 0.3) is 11.7 Å². The molecule has 94 valence electrons. The number of ketones is 1. The lowest BCUT2D eigenvalue weighted by atomic mass is 10.0. The van der Waals surface area contributed by atoms with Crippen molar-refractivity contribution >= 4 is 17.7 Å². The summed E-state index contributed by atoms with van der Waals surface area (Å²) in [6.45, 7) is 4.73. The van der Waals surface area contributed by atoms with Crippen LogP contribution in [0.3, 0.4) is 0 Å². The van der Waals surface area contributed by atoms with Crippen molar-refractivity contribution < 1.29 is 24.2 Å². The molecule has 1 aliphatic rings. The van der Waals surface area contributed by atoms with Gasteiger partial charge in [-0.1, -0.05) is 0 Å². The van der Waals surface area contributed by atoms with Crippen LogP contribution in [0.15, 0.2) is 11.3 Å². The maximum Gasteiger partial charge on any atom is 0.380 e. The molecule has 1 N–H and O–H groups in total. The summed E-state index contributed by atoms with van der Waals surface area (Å²) in [4.78, 5) is 35.9. The number of amides is 1. The predicted molar refractivity (Wildman–Crippen MR) is 58.1 cm³/mol. The highest BCUT2D eigenvalue weighted by Gasteiger charge is 2.47. The summed E-state index contributed by atoms with van der Waals surface area (Å²) >= 11 is 0. The summed E-state index contributed by atoms with van der Waals surface area (Å²) in [7, 11) is 1.45. The molecule has 6 nitrogen and oxygen atoms in total. The normalized spacial score (nSPS) is 18.6. The van der Waals surface area contributed by atoms with Crippen LogP contribution < -0.4 is 0 Å². The van der Waals surface area contributed by atoms with Gasteiger partial charge in [-0.3, -0.25) is 9.59 Å². The summed E-state index contributed by atoms with van der Waals surface area (Å²) < 4.78 is 4.51. The molecule has 0 saturated carbocycles. The molecule has 0 unspecified atom stereocenters. The smallest absolute Gasteiger partial charge is 0.380 e. The molecule has 6 heteroatoms. The second-order valence-corrected chi connectivity index (χ2v) is 4.20. The summed E-state index contributed by atoms with van der Waals surface area (Å²) in [6, 6.07) is 0. The van der Waals surface area contributed by atoms with Gasteiger partial charge in [0.05, 0.1) is 12.1 Å². The molecule has 0 aromatic heterocycles. The first-order valence-corrected chi connectivity index (χ1v) is 5.18. The van der Waals surface area contributed by atoms with Gasteiger partial charge in [-0.2, -0.15) is 0 Å². The molecule has 0 aromatic rings. The Labute approximate surface area is 98.8 Å². The number of carbonyl (C=O) groups excluding carboxylic acids is 3. The number of nitrogens with zero attached hydrogens (tertiary/aromatic N) is 1. The molecule has 1 amide bonds. The fraction of sp³-hybridized carbons (Fsp3) is 0.545. The third-order valence-electron chi connectivity index (χ3n) is 2.86. The summed E-state index contributed by atoms with van der Waals surface area (Å²) in [5.41, 5.74) is -1.50. The number of hydrogen-bond donors (Lipinski definition) is 1. The highest BCUT2D eigenvalue weighted by atomic mass is 16.5. The van der Waals surface area contributed by atoms with Gasteiger partial charge in [0.1, 0.15) is 11.3 Å². The lowest BCUT2D eigenvalue weighted by Crippen LogP contribution is -2.40. The number of likely N-dealkylation sites (N-methyl/N-ethyl adjacent to an activating group) is 1. The molecule has 0 bridgehead atoms. The molecule has 17 heavy (non-hydrogen) atoms. The quantitative estimate of drug-likeness (QED) is 0.433. The van der Waals surface area contributed by atoms with Crippen molar-refractivity contribution in [3.05, 3.63) is 11.3 Å². The monoisotopic (exact) mass is 241 g/mol. The van der Waals surface area contributed by atoms with Crippen LogP contribution in [0.4, 0.5) is 0 Å². The fourth-order valence-electron chi connectivity index (χ4n) is 1.49. The molecule has 0 radical (unpaired) electrons. The van der Waals surface area contributed by atoms with Crippen molar-refractivity contribution in [2.75, 3.05) is 13.7 Å². The lowest BCUT2D eigenvalue weighted by Gasteiger charge is -2.27.